The number of alkyl halides is 6. The summed E-state index contributed by atoms with van der Waals surface area (Å²) >= 11 is 1.29. The Morgan fingerprint density at radius 3 is 1.06 bits per heavy atom. The molecule has 48 heavy (non-hydrogen) atoms. The van der Waals surface area contributed by atoms with Gasteiger partial charge < -0.3 is 9.47 Å². The summed E-state index contributed by atoms with van der Waals surface area (Å²) < 4.78 is 143. The first-order valence-corrected chi connectivity index (χ1v) is 14.0. The fourth-order valence-electron chi connectivity index (χ4n) is 4.69. The number of nitriles is 4. The molecule has 5 aromatic rings. The summed E-state index contributed by atoms with van der Waals surface area (Å²) in [5.74, 6) is -10.8. The average Bonchev–Trinajstić information content (AvgIpc) is 3.60. The van der Waals surface area contributed by atoms with E-state index in [2.05, 4.69) is 9.47 Å². The molecular weight excluding hydrogens is 702 g/mol. The van der Waals surface area contributed by atoms with Crippen LogP contribution in [0.5, 0.6) is 11.5 Å². The highest BCUT2D eigenvalue weighted by atomic mass is 32.1. The summed E-state index contributed by atoms with van der Waals surface area (Å²) in [4.78, 5) is 0. The minimum absolute atomic E-state index is 0.0740. The summed E-state index contributed by atoms with van der Waals surface area (Å²) in [5, 5.41) is 37.8. The second kappa shape index (κ2) is 12.1. The molecule has 0 aliphatic heterocycles. The molecule has 5 rings (SSSR count). The third-order valence-electron chi connectivity index (χ3n) is 6.41. The SMILES string of the molecule is N#CC(C#N)=c1cc2c(-c3cc(F)c(OC(F)(F)F)c(F)c3)c3sc(=C(C#N)C#N)cc3c(-c3cc(F)c(OC(F)(F)F)c(F)c3)c2s1. The van der Waals surface area contributed by atoms with Gasteiger partial charge in [-0.3, -0.25) is 0 Å². The Labute approximate surface area is 267 Å². The maximum atomic E-state index is 15.0. The van der Waals surface area contributed by atoms with Crippen molar-refractivity contribution in [2.75, 3.05) is 0 Å². The fraction of sp³-hybridized carbons (Fsp3) is 0.0667. The molecule has 0 radical (unpaired) electrons. The maximum absolute atomic E-state index is 15.0. The van der Waals surface area contributed by atoms with Crippen LogP contribution in [0.25, 0.3) is 53.6 Å². The van der Waals surface area contributed by atoms with Crippen LogP contribution in [0, 0.1) is 68.6 Å². The van der Waals surface area contributed by atoms with E-state index in [0.29, 0.717) is 46.9 Å². The van der Waals surface area contributed by atoms with E-state index < -0.39 is 69.8 Å². The molecule has 240 valence electrons. The van der Waals surface area contributed by atoms with Crippen molar-refractivity contribution in [2.45, 2.75) is 12.7 Å². The molecular formula is C30H6F10N4O2S2. The van der Waals surface area contributed by atoms with E-state index in [0.717, 1.165) is 0 Å². The van der Waals surface area contributed by atoms with E-state index in [9.17, 15) is 65.0 Å². The number of hydrogen-bond acceptors (Lipinski definition) is 8. The van der Waals surface area contributed by atoms with Gasteiger partial charge in [0.15, 0.2) is 23.3 Å². The van der Waals surface area contributed by atoms with Gasteiger partial charge in [0.05, 0.1) is 9.06 Å². The zero-order valence-corrected chi connectivity index (χ0v) is 24.3. The van der Waals surface area contributed by atoms with Crippen LogP contribution in [-0.2, 0) is 0 Å². The molecule has 0 fully saturated rings. The van der Waals surface area contributed by atoms with Crippen molar-refractivity contribution in [1.29, 1.82) is 21.0 Å². The van der Waals surface area contributed by atoms with Crippen LogP contribution in [0.15, 0.2) is 36.4 Å². The van der Waals surface area contributed by atoms with Gasteiger partial charge >= 0.3 is 12.7 Å². The Bertz CT molecular complexity index is 2180. The molecule has 3 aromatic carbocycles. The van der Waals surface area contributed by atoms with Crippen molar-refractivity contribution in [3.63, 3.8) is 0 Å². The smallest absolute Gasteiger partial charge is 0.399 e. The summed E-state index contributed by atoms with van der Waals surface area (Å²) in [5.41, 5.74) is -2.25. The molecule has 0 amide bonds. The van der Waals surface area contributed by atoms with E-state index in [1.54, 1.807) is 24.3 Å². The van der Waals surface area contributed by atoms with E-state index >= 15 is 0 Å². The highest BCUT2D eigenvalue weighted by Crippen LogP contribution is 2.48. The maximum Gasteiger partial charge on any atom is 0.573 e. The van der Waals surface area contributed by atoms with E-state index in [1.165, 1.54) is 12.1 Å². The van der Waals surface area contributed by atoms with E-state index in [1.807, 2.05) is 0 Å². The van der Waals surface area contributed by atoms with E-state index in [-0.39, 0.29) is 40.4 Å². The van der Waals surface area contributed by atoms with Gasteiger partial charge in [0.25, 0.3) is 0 Å². The number of fused-ring (bicyclic) bond motifs is 2. The van der Waals surface area contributed by atoms with Gasteiger partial charge in [-0.25, -0.2) is 17.6 Å². The number of thiophene rings is 2. The number of halogens is 10. The minimum atomic E-state index is -5.48. The Morgan fingerprint density at radius 2 is 0.812 bits per heavy atom. The molecule has 2 heterocycles. The van der Waals surface area contributed by atoms with Gasteiger partial charge in [0.1, 0.15) is 35.4 Å². The molecule has 0 saturated carbocycles. The zero-order chi connectivity index (χ0) is 35.3. The van der Waals surface area contributed by atoms with Crippen LogP contribution < -0.4 is 18.5 Å². The lowest BCUT2D eigenvalue weighted by Gasteiger charge is -2.16. The molecule has 0 N–H and O–H groups in total. The molecule has 6 nitrogen and oxygen atoms in total. The molecule has 2 aromatic heterocycles. The van der Waals surface area contributed by atoms with Crippen LogP contribution in [0.4, 0.5) is 43.9 Å². The van der Waals surface area contributed by atoms with Crippen molar-refractivity contribution in [2.24, 2.45) is 0 Å². The Kier molecular flexibility index (Phi) is 8.44. The van der Waals surface area contributed by atoms with Gasteiger partial charge in [0.2, 0.25) is 11.5 Å². The third-order valence-corrected chi connectivity index (χ3v) is 8.75. The highest BCUT2D eigenvalue weighted by Gasteiger charge is 2.36. The van der Waals surface area contributed by atoms with Crippen molar-refractivity contribution < 1.29 is 53.4 Å². The minimum Gasteiger partial charge on any atom is -0.399 e. The lowest BCUT2D eigenvalue weighted by molar-refractivity contribution is -0.277. The molecule has 18 heteroatoms. The topological polar surface area (TPSA) is 114 Å². The normalized spacial score (nSPS) is 11.5. The molecule has 0 bridgehead atoms. The number of benzene rings is 3. The van der Waals surface area contributed by atoms with Crippen molar-refractivity contribution in [1.82, 2.24) is 0 Å². The van der Waals surface area contributed by atoms with Gasteiger partial charge in [-0.15, -0.1) is 49.0 Å². The van der Waals surface area contributed by atoms with E-state index in [4.69, 9.17) is 0 Å². The monoisotopic (exact) mass is 708 g/mol. The van der Waals surface area contributed by atoms with Crippen molar-refractivity contribution >= 4 is 54.0 Å². The summed E-state index contributed by atoms with van der Waals surface area (Å²) in [7, 11) is 0. The van der Waals surface area contributed by atoms with Gasteiger partial charge in [-0.05, 0) is 47.5 Å². The molecule has 0 saturated heterocycles. The standard InChI is InChI=1S/C30H6F10N4O2S2/c31-17-1-11(2-18(32)25(17)45-29(35,36)37)23-15-5-21(13(7-41)8-42)48-28(15)24(16-6-22(47-27(16)23)14(9-43)10-44)12-3-19(33)26(20(34)4-12)46-30(38,39)40/h1-6H. The summed E-state index contributed by atoms with van der Waals surface area (Å²) in [6.07, 6.45) is -11.0. The second-order valence-corrected chi connectivity index (χ2v) is 11.4. The van der Waals surface area contributed by atoms with Crippen LogP contribution in [-0.4, -0.2) is 12.7 Å². The molecule has 0 atom stereocenters. The van der Waals surface area contributed by atoms with Gasteiger partial charge in [0, 0.05) is 31.3 Å². The number of nitrogens with zero attached hydrogens (tertiary/aromatic N) is 4. The first kappa shape index (κ1) is 33.5. The lowest BCUT2D eigenvalue weighted by atomic mass is 9.93. The second-order valence-electron chi connectivity index (χ2n) is 9.29. The van der Waals surface area contributed by atoms with Crippen LogP contribution in [0.3, 0.4) is 0 Å². The van der Waals surface area contributed by atoms with Crippen molar-refractivity contribution in [3.8, 4) is 58.0 Å². The zero-order valence-electron chi connectivity index (χ0n) is 22.7. The number of rotatable bonds is 4. The summed E-state index contributed by atoms with van der Waals surface area (Å²) in [6.45, 7) is 0. The Hall–Kier alpha value is -5.82. The molecule has 0 aliphatic rings. The largest absolute Gasteiger partial charge is 0.573 e. The highest BCUT2D eigenvalue weighted by molar-refractivity contribution is 7.20. The quantitative estimate of drug-likeness (QED) is 0.174. The van der Waals surface area contributed by atoms with Gasteiger partial charge in [-0.1, -0.05) is 0 Å². The molecule has 0 spiro atoms. The lowest BCUT2D eigenvalue weighted by Crippen LogP contribution is -2.19. The molecule has 0 aliphatic carbocycles. The van der Waals surface area contributed by atoms with Crippen LogP contribution in [0.1, 0.15) is 0 Å². The Balaban J connectivity index is 2.01. The van der Waals surface area contributed by atoms with Gasteiger partial charge in [-0.2, -0.15) is 21.0 Å². The average molecular weight is 709 g/mol. The van der Waals surface area contributed by atoms with Crippen LogP contribution >= 0.6 is 22.7 Å². The third kappa shape index (κ3) is 6.15. The van der Waals surface area contributed by atoms with Crippen LogP contribution in [0.2, 0.25) is 0 Å². The predicted octanol–water partition coefficient (Wildman–Crippen LogP) is 8.20. The fourth-order valence-corrected chi connectivity index (χ4v) is 7.08. The number of ether oxygens (including phenoxy) is 2. The summed E-state index contributed by atoms with van der Waals surface area (Å²) in [6, 6.07) is 10.7. The molecule has 0 unspecified atom stereocenters. The number of hydrogen-bond donors (Lipinski definition) is 0. The Morgan fingerprint density at radius 1 is 0.521 bits per heavy atom. The predicted molar refractivity (Wildman–Crippen MR) is 150 cm³/mol. The first-order valence-electron chi connectivity index (χ1n) is 12.4. The van der Waals surface area contributed by atoms with Crippen molar-refractivity contribution in [3.05, 3.63) is 68.7 Å². The first-order chi connectivity index (χ1) is 22.5.